The number of ether oxygens (including phenoxy) is 2. The fourth-order valence-electron chi connectivity index (χ4n) is 4.07. The maximum Gasteiger partial charge on any atom is 0.330 e. The molecular formula is C20H27NO5. The summed E-state index contributed by atoms with van der Waals surface area (Å²) in [6.07, 6.45) is 0.854. The van der Waals surface area contributed by atoms with Crippen LogP contribution in [0.5, 0.6) is 5.75 Å². The van der Waals surface area contributed by atoms with E-state index in [1.54, 1.807) is 7.11 Å². The van der Waals surface area contributed by atoms with E-state index in [1.807, 2.05) is 45.0 Å². The van der Waals surface area contributed by atoms with Gasteiger partial charge in [-0.3, -0.25) is 4.79 Å². The average Bonchev–Trinajstić information content (AvgIpc) is 3.41. The number of carbonyl (C=O) groups excluding carboxylic acids is 1. The highest BCUT2D eigenvalue weighted by molar-refractivity contribution is 5.92. The molecule has 0 spiro atoms. The number of rotatable bonds is 7. The molecule has 0 saturated heterocycles. The highest BCUT2D eigenvalue weighted by Gasteiger charge is 2.67. The molecule has 142 valence electrons. The molecule has 4 unspecified atom stereocenters. The third kappa shape index (κ3) is 2.86. The minimum absolute atomic E-state index is 0.113. The van der Waals surface area contributed by atoms with Crippen molar-refractivity contribution >= 4 is 11.9 Å². The number of carboxylic acids is 1. The fourth-order valence-corrected chi connectivity index (χ4v) is 4.07. The van der Waals surface area contributed by atoms with Crippen molar-refractivity contribution < 1.29 is 24.2 Å². The molecule has 0 aliphatic heterocycles. The molecule has 1 amide bonds. The van der Waals surface area contributed by atoms with Gasteiger partial charge < -0.3 is 19.9 Å². The highest BCUT2D eigenvalue weighted by Crippen LogP contribution is 2.53. The summed E-state index contributed by atoms with van der Waals surface area (Å²) in [6.45, 7) is 6.10. The Balaban J connectivity index is 1.70. The van der Waals surface area contributed by atoms with Gasteiger partial charge in [0.05, 0.1) is 13.2 Å². The summed E-state index contributed by atoms with van der Waals surface area (Å²) in [5.74, 6) is -0.508. The van der Waals surface area contributed by atoms with Gasteiger partial charge in [-0.15, -0.1) is 0 Å². The molecule has 3 rings (SSSR count). The fraction of sp³-hybridized carbons (Fsp3) is 0.600. The second-order valence-electron chi connectivity index (χ2n) is 7.79. The Labute approximate surface area is 153 Å². The number of hydrogen-bond acceptors (Lipinski definition) is 4. The van der Waals surface area contributed by atoms with E-state index in [1.165, 1.54) is 0 Å². The Hall–Kier alpha value is -2.08. The number of methoxy groups -OCH3 is 1. The highest BCUT2D eigenvalue weighted by atomic mass is 16.5. The van der Waals surface area contributed by atoms with Gasteiger partial charge in [-0.1, -0.05) is 26.0 Å². The van der Waals surface area contributed by atoms with Gasteiger partial charge in [0.1, 0.15) is 11.3 Å². The Bertz CT molecular complexity index is 716. The van der Waals surface area contributed by atoms with E-state index < -0.39 is 16.9 Å². The van der Waals surface area contributed by atoms with Gasteiger partial charge in [0.2, 0.25) is 5.91 Å². The van der Waals surface area contributed by atoms with Crippen molar-refractivity contribution in [1.82, 2.24) is 5.32 Å². The molecule has 1 aromatic carbocycles. The molecule has 2 fully saturated rings. The number of benzene rings is 1. The van der Waals surface area contributed by atoms with Crippen molar-refractivity contribution in [2.45, 2.75) is 51.2 Å². The summed E-state index contributed by atoms with van der Waals surface area (Å²) in [5.41, 5.74) is -0.884. The van der Waals surface area contributed by atoms with Crippen molar-refractivity contribution in [1.29, 1.82) is 0 Å². The smallest absolute Gasteiger partial charge is 0.330 e. The van der Waals surface area contributed by atoms with E-state index in [2.05, 4.69) is 5.32 Å². The van der Waals surface area contributed by atoms with Crippen molar-refractivity contribution in [3.8, 4) is 5.75 Å². The predicted molar refractivity (Wildman–Crippen MR) is 96.2 cm³/mol. The van der Waals surface area contributed by atoms with Crippen LogP contribution < -0.4 is 10.1 Å². The number of nitrogens with one attached hydrogen (secondary N) is 1. The summed E-state index contributed by atoms with van der Waals surface area (Å²) in [6, 6.07) is 7.68. The lowest BCUT2D eigenvalue weighted by molar-refractivity contribution is -0.194. The van der Waals surface area contributed by atoms with E-state index in [4.69, 9.17) is 9.47 Å². The zero-order chi connectivity index (χ0) is 19.1. The van der Waals surface area contributed by atoms with E-state index in [0.29, 0.717) is 13.0 Å². The van der Waals surface area contributed by atoms with Gasteiger partial charge >= 0.3 is 5.97 Å². The second-order valence-corrected chi connectivity index (χ2v) is 7.79. The number of carboxylic acid groups (broad SMARTS) is 1. The zero-order valence-corrected chi connectivity index (χ0v) is 15.7. The molecule has 2 saturated carbocycles. The third-order valence-electron chi connectivity index (χ3n) is 6.12. The largest absolute Gasteiger partial charge is 0.497 e. The topological polar surface area (TPSA) is 84.9 Å². The van der Waals surface area contributed by atoms with E-state index in [9.17, 15) is 14.7 Å². The first-order valence-electron chi connectivity index (χ1n) is 9.07. The molecular weight excluding hydrogens is 334 g/mol. The molecule has 0 radical (unpaired) electrons. The first-order chi connectivity index (χ1) is 12.3. The lowest BCUT2D eigenvalue weighted by atomic mass is 9.54. The van der Waals surface area contributed by atoms with Gasteiger partial charge in [-0.2, -0.15) is 0 Å². The van der Waals surface area contributed by atoms with E-state index in [0.717, 1.165) is 17.7 Å². The van der Waals surface area contributed by atoms with Gasteiger partial charge in [-0.05, 0) is 37.0 Å². The van der Waals surface area contributed by atoms with Crippen LogP contribution in [0, 0.1) is 11.3 Å². The quantitative estimate of drug-likeness (QED) is 0.780. The summed E-state index contributed by atoms with van der Waals surface area (Å²) < 4.78 is 10.9. The van der Waals surface area contributed by atoms with E-state index in [-0.39, 0.29) is 23.8 Å². The first kappa shape index (κ1) is 18.7. The van der Waals surface area contributed by atoms with Crippen LogP contribution in [-0.4, -0.2) is 42.3 Å². The first-order valence-corrected chi connectivity index (χ1v) is 9.07. The summed E-state index contributed by atoms with van der Waals surface area (Å²) in [5, 5.41) is 12.7. The SMILES string of the molecule is CCOC1CC(NC(=O)C2CC2c2cccc(OC)c2)(C(=O)O)C1(C)C. The van der Waals surface area contributed by atoms with Crippen LogP contribution in [0.1, 0.15) is 45.1 Å². The molecule has 6 nitrogen and oxygen atoms in total. The molecule has 26 heavy (non-hydrogen) atoms. The van der Waals surface area contributed by atoms with Crippen LogP contribution in [0.25, 0.3) is 0 Å². The van der Waals surface area contributed by atoms with Crippen molar-refractivity contribution in [3.05, 3.63) is 29.8 Å². The lowest BCUT2D eigenvalue weighted by Crippen LogP contribution is -2.76. The lowest BCUT2D eigenvalue weighted by Gasteiger charge is -2.58. The van der Waals surface area contributed by atoms with Crippen LogP contribution in [0.2, 0.25) is 0 Å². The number of hydrogen-bond donors (Lipinski definition) is 2. The monoisotopic (exact) mass is 361 g/mol. The second kappa shape index (κ2) is 6.58. The van der Waals surface area contributed by atoms with Crippen LogP contribution in [0.15, 0.2) is 24.3 Å². The minimum Gasteiger partial charge on any atom is -0.497 e. The molecule has 1 aromatic rings. The molecule has 2 aliphatic rings. The van der Waals surface area contributed by atoms with Crippen LogP contribution in [-0.2, 0) is 14.3 Å². The van der Waals surface area contributed by atoms with Crippen LogP contribution >= 0.6 is 0 Å². The Kier molecular flexibility index (Phi) is 4.73. The number of aliphatic carboxylic acids is 1. The zero-order valence-electron chi connectivity index (χ0n) is 15.7. The molecule has 4 atom stereocenters. The summed E-state index contributed by atoms with van der Waals surface area (Å²) >= 11 is 0. The van der Waals surface area contributed by atoms with Gasteiger partial charge in [0.25, 0.3) is 0 Å². The Morgan fingerprint density at radius 2 is 2.08 bits per heavy atom. The van der Waals surface area contributed by atoms with Crippen LogP contribution in [0.4, 0.5) is 0 Å². The number of amides is 1. The third-order valence-corrected chi connectivity index (χ3v) is 6.12. The summed E-state index contributed by atoms with van der Waals surface area (Å²) in [4.78, 5) is 24.8. The maximum absolute atomic E-state index is 12.8. The van der Waals surface area contributed by atoms with Gasteiger partial charge in [-0.25, -0.2) is 4.79 Å². The predicted octanol–water partition coefficient (Wildman–Crippen LogP) is 2.57. The van der Waals surface area contributed by atoms with Crippen LogP contribution in [0.3, 0.4) is 0 Å². The summed E-state index contributed by atoms with van der Waals surface area (Å²) in [7, 11) is 1.61. The standard InChI is InChI=1S/C20H27NO5/c1-5-26-16-11-20(18(23)24,19(16,2)3)21-17(22)15-10-14(15)12-7-6-8-13(9-12)25-4/h6-9,14-16H,5,10-11H2,1-4H3,(H,21,22)(H,23,24). The minimum atomic E-state index is -1.27. The molecule has 0 aromatic heterocycles. The molecule has 6 heteroatoms. The molecule has 2 N–H and O–H groups in total. The Morgan fingerprint density at radius 3 is 2.65 bits per heavy atom. The van der Waals surface area contributed by atoms with Crippen molar-refractivity contribution in [2.24, 2.45) is 11.3 Å². The normalized spacial score (nSPS) is 31.6. The number of carbonyl (C=O) groups is 2. The molecule has 0 bridgehead atoms. The Morgan fingerprint density at radius 1 is 1.35 bits per heavy atom. The van der Waals surface area contributed by atoms with E-state index >= 15 is 0 Å². The van der Waals surface area contributed by atoms with Crippen molar-refractivity contribution in [2.75, 3.05) is 13.7 Å². The average molecular weight is 361 g/mol. The van der Waals surface area contributed by atoms with Gasteiger partial charge in [0, 0.05) is 24.4 Å². The molecule has 0 heterocycles. The maximum atomic E-state index is 12.8. The molecule has 2 aliphatic carbocycles. The van der Waals surface area contributed by atoms with Gasteiger partial charge in [0.15, 0.2) is 0 Å². The van der Waals surface area contributed by atoms with Crippen molar-refractivity contribution in [3.63, 3.8) is 0 Å².